The van der Waals surface area contributed by atoms with Gasteiger partial charge in [0.05, 0.1) is 6.61 Å². The van der Waals surface area contributed by atoms with Gasteiger partial charge in [0.25, 0.3) is 0 Å². The van der Waals surface area contributed by atoms with Gasteiger partial charge in [-0.3, -0.25) is 0 Å². The van der Waals surface area contributed by atoms with Crippen molar-refractivity contribution in [2.24, 2.45) is 5.92 Å². The highest BCUT2D eigenvalue weighted by molar-refractivity contribution is 5.80. The summed E-state index contributed by atoms with van der Waals surface area (Å²) in [6, 6.07) is 8.38. The maximum absolute atomic E-state index is 12.2. The first-order valence-corrected chi connectivity index (χ1v) is 10.9. The second kappa shape index (κ2) is 12.3. The minimum absolute atomic E-state index is 0.140. The van der Waals surface area contributed by atoms with Gasteiger partial charge in [-0.1, -0.05) is 30.3 Å². The van der Waals surface area contributed by atoms with Gasteiger partial charge in [-0.25, -0.2) is 14.4 Å². The largest absolute Gasteiger partial charge is 0.480 e. The van der Waals surface area contributed by atoms with Crippen LogP contribution in [0.5, 0.6) is 0 Å². The Kier molecular flexibility index (Phi) is 9.77. The molecule has 1 saturated heterocycles. The average molecular weight is 451 g/mol. The molecule has 0 aromatic heterocycles. The third kappa shape index (κ3) is 9.55. The van der Waals surface area contributed by atoms with E-state index >= 15 is 0 Å². The summed E-state index contributed by atoms with van der Waals surface area (Å²) in [6.45, 7) is 6.84. The first-order valence-electron chi connectivity index (χ1n) is 10.9. The fourth-order valence-electron chi connectivity index (χ4n) is 3.29. The van der Waals surface area contributed by atoms with Crippen LogP contribution in [0.1, 0.15) is 45.6 Å². The van der Waals surface area contributed by atoms with Gasteiger partial charge in [0.1, 0.15) is 12.2 Å². The standard InChI is InChI=1S/C23H34N2O7/c1-23(2,3)32-21(28)24-19(20(26)27)16-30-14-11-17-9-12-25(13-10-17)22(29)31-15-18-7-5-4-6-8-18/h4-8,17,19H,9-16H2,1-3H3,(H,24,28)(H,26,27)/t19-/m1/s1. The molecule has 1 atom stereocenters. The van der Waals surface area contributed by atoms with E-state index in [9.17, 15) is 19.5 Å². The molecule has 0 unspecified atom stereocenters. The summed E-state index contributed by atoms with van der Waals surface area (Å²) in [7, 11) is 0. The number of carbonyl (C=O) groups is 3. The smallest absolute Gasteiger partial charge is 0.410 e. The van der Waals surface area contributed by atoms with Crippen molar-refractivity contribution in [1.82, 2.24) is 10.2 Å². The average Bonchev–Trinajstić information content (AvgIpc) is 2.74. The number of rotatable bonds is 9. The molecule has 0 saturated carbocycles. The van der Waals surface area contributed by atoms with Gasteiger partial charge in [-0.05, 0) is 51.5 Å². The van der Waals surface area contributed by atoms with Crippen molar-refractivity contribution in [3.8, 4) is 0 Å². The molecule has 1 aromatic rings. The lowest BCUT2D eigenvalue weighted by Gasteiger charge is -2.31. The van der Waals surface area contributed by atoms with Gasteiger partial charge in [0.15, 0.2) is 6.04 Å². The second-order valence-corrected chi connectivity index (χ2v) is 8.87. The van der Waals surface area contributed by atoms with Crippen LogP contribution < -0.4 is 5.32 Å². The number of carbonyl (C=O) groups excluding carboxylic acids is 2. The Labute approximate surface area is 189 Å². The predicted octanol–water partition coefficient (Wildman–Crippen LogP) is 3.42. The van der Waals surface area contributed by atoms with E-state index in [-0.39, 0.29) is 19.3 Å². The maximum atomic E-state index is 12.2. The molecule has 9 heteroatoms. The van der Waals surface area contributed by atoms with Crippen LogP contribution in [0.25, 0.3) is 0 Å². The molecule has 9 nitrogen and oxygen atoms in total. The predicted molar refractivity (Wildman–Crippen MR) is 117 cm³/mol. The summed E-state index contributed by atoms with van der Waals surface area (Å²) in [5.74, 6) is -0.798. The van der Waals surface area contributed by atoms with E-state index in [2.05, 4.69) is 5.32 Å². The number of ether oxygens (including phenoxy) is 3. The van der Waals surface area contributed by atoms with Crippen molar-refractivity contribution in [3.05, 3.63) is 35.9 Å². The molecule has 0 bridgehead atoms. The number of nitrogens with one attached hydrogen (secondary N) is 1. The van der Waals surface area contributed by atoms with Crippen LogP contribution in [0.15, 0.2) is 30.3 Å². The summed E-state index contributed by atoms with van der Waals surface area (Å²) in [4.78, 5) is 37.1. The molecular formula is C23H34N2O7. The monoisotopic (exact) mass is 450 g/mol. The van der Waals surface area contributed by atoms with E-state index < -0.39 is 23.7 Å². The molecule has 0 radical (unpaired) electrons. The number of benzene rings is 1. The molecule has 2 N–H and O–H groups in total. The van der Waals surface area contributed by atoms with Crippen molar-refractivity contribution in [3.63, 3.8) is 0 Å². The van der Waals surface area contributed by atoms with Crippen molar-refractivity contribution in [2.75, 3.05) is 26.3 Å². The van der Waals surface area contributed by atoms with E-state index in [1.165, 1.54) is 0 Å². The lowest BCUT2D eigenvalue weighted by atomic mass is 9.94. The Hall–Kier alpha value is -2.81. The Morgan fingerprint density at radius 3 is 2.41 bits per heavy atom. The van der Waals surface area contributed by atoms with Crippen molar-refractivity contribution in [2.45, 2.75) is 58.3 Å². The number of piperidine rings is 1. The van der Waals surface area contributed by atoms with E-state index in [0.29, 0.717) is 25.6 Å². The van der Waals surface area contributed by atoms with Crippen LogP contribution in [-0.4, -0.2) is 66.1 Å². The molecule has 32 heavy (non-hydrogen) atoms. The number of hydrogen-bond donors (Lipinski definition) is 2. The number of nitrogens with zero attached hydrogens (tertiary/aromatic N) is 1. The van der Waals surface area contributed by atoms with E-state index in [4.69, 9.17) is 14.2 Å². The molecule has 1 aliphatic rings. The van der Waals surface area contributed by atoms with Crippen LogP contribution >= 0.6 is 0 Å². The normalized spacial score (nSPS) is 15.7. The van der Waals surface area contributed by atoms with Crippen molar-refractivity contribution >= 4 is 18.2 Å². The molecule has 1 fully saturated rings. The summed E-state index contributed by atoms with van der Waals surface area (Å²) >= 11 is 0. The third-order valence-electron chi connectivity index (χ3n) is 5.02. The zero-order chi connectivity index (χ0) is 23.6. The van der Waals surface area contributed by atoms with Crippen LogP contribution in [0.2, 0.25) is 0 Å². The summed E-state index contributed by atoms with van der Waals surface area (Å²) < 4.78 is 16.0. The minimum Gasteiger partial charge on any atom is -0.480 e. The SMILES string of the molecule is CC(C)(C)OC(=O)N[C@H](COCCC1CCN(C(=O)OCc2ccccc2)CC1)C(=O)O. The zero-order valence-electron chi connectivity index (χ0n) is 19.0. The van der Waals surface area contributed by atoms with Gasteiger partial charge in [0.2, 0.25) is 0 Å². The Bertz CT molecular complexity index is 740. The number of carboxylic acid groups (broad SMARTS) is 1. The molecule has 0 aliphatic carbocycles. The maximum Gasteiger partial charge on any atom is 0.410 e. The molecule has 1 aromatic carbocycles. The van der Waals surface area contributed by atoms with Gasteiger partial charge in [-0.15, -0.1) is 0 Å². The first kappa shape index (κ1) is 25.5. The third-order valence-corrected chi connectivity index (χ3v) is 5.02. The molecule has 178 valence electrons. The fourth-order valence-corrected chi connectivity index (χ4v) is 3.29. The Morgan fingerprint density at radius 1 is 1.16 bits per heavy atom. The molecule has 2 rings (SSSR count). The molecule has 0 spiro atoms. The number of hydrogen-bond acceptors (Lipinski definition) is 6. The van der Waals surface area contributed by atoms with Gasteiger partial charge in [-0.2, -0.15) is 0 Å². The highest BCUT2D eigenvalue weighted by atomic mass is 16.6. The molecule has 1 aliphatic heterocycles. The molecular weight excluding hydrogens is 416 g/mol. The van der Waals surface area contributed by atoms with Crippen LogP contribution in [0, 0.1) is 5.92 Å². The number of amides is 2. The van der Waals surface area contributed by atoms with Gasteiger partial charge < -0.3 is 29.5 Å². The number of aliphatic carboxylic acids is 1. The summed E-state index contributed by atoms with van der Waals surface area (Å²) in [5.41, 5.74) is 0.241. The number of alkyl carbamates (subject to hydrolysis) is 1. The van der Waals surface area contributed by atoms with Gasteiger partial charge in [0, 0.05) is 19.7 Å². The molecule has 2 amide bonds. The summed E-state index contributed by atoms with van der Waals surface area (Å²) in [6.07, 6.45) is 1.33. The highest BCUT2D eigenvalue weighted by Crippen LogP contribution is 2.21. The van der Waals surface area contributed by atoms with Crippen LogP contribution in [-0.2, 0) is 25.6 Å². The van der Waals surface area contributed by atoms with E-state index in [0.717, 1.165) is 24.8 Å². The van der Waals surface area contributed by atoms with E-state index in [1.807, 2.05) is 30.3 Å². The number of carboxylic acids is 1. The lowest BCUT2D eigenvalue weighted by Crippen LogP contribution is -2.46. The molecule has 1 heterocycles. The highest BCUT2D eigenvalue weighted by Gasteiger charge is 2.26. The zero-order valence-corrected chi connectivity index (χ0v) is 19.0. The Balaban J connectivity index is 1.62. The summed E-state index contributed by atoms with van der Waals surface area (Å²) in [5, 5.41) is 11.6. The Morgan fingerprint density at radius 2 is 1.81 bits per heavy atom. The second-order valence-electron chi connectivity index (χ2n) is 8.87. The topological polar surface area (TPSA) is 114 Å². The quantitative estimate of drug-likeness (QED) is 0.554. The minimum atomic E-state index is -1.18. The lowest BCUT2D eigenvalue weighted by molar-refractivity contribution is -0.141. The van der Waals surface area contributed by atoms with E-state index in [1.54, 1.807) is 25.7 Å². The first-order chi connectivity index (χ1) is 15.1. The fraction of sp³-hybridized carbons (Fsp3) is 0.609. The van der Waals surface area contributed by atoms with Crippen molar-refractivity contribution < 1.29 is 33.7 Å². The van der Waals surface area contributed by atoms with Crippen LogP contribution in [0.3, 0.4) is 0 Å². The van der Waals surface area contributed by atoms with Crippen molar-refractivity contribution in [1.29, 1.82) is 0 Å². The van der Waals surface area contributed by atoms with Crippen LogP contribution in [0.4, 0.5) is 9.59 Å². The number of likely N-dealkylation sites (tertiary alicyclic amines) is 1. The van der Waals surface area contributed by atoms with Gasteiger partial charge >= 0.3 is 18.2 Å².